The summed E-state index contributed by atoms with van der Waals surface area (Å²) in [6, 6.07) is 5.84. The highest BCUT2D eigenvalue weighted by molar-refractivity contribution is 5.96. The fraction of sp³-hybridized carbons (Fsp3) is 0.333. The van der Waals surface area contributed by atoms with Crippen LogP contribution in [0.25, 0.3) is 0 Å². The van der Waals surface area contributed by atoms with Gasteiger partial charge in [0.2, 0.25) is 0 Å². The molecule has 2 heterocycles. The maximum atomic E-state index is 13.2. The van der Waals surface area contributed by atoms with E-state index in [9.17, 15) is 9.18 Å². The van der Waals surface area contributed by atoms with Crippen molar-refractivity contribution in [1.82, 2.24) is 5.32 Å². The number of aliphatic hydroxyl groups excluding tert-OH is 1. The smallest absolute Gasteiger partial charge is 0.322 e. The molecule has 2 unspecified atom stereocenters. The van der Waals surface area contributed by atoms with Crippen molar-refractivity contribution in [2.24, 2.45) is 10.9 Å². The van der Waals surface area contributed by atoms with Crippen LogP contribution in [0.2, 0.25) is 0 Å². The number of amides is 2. The molecule has 1 aromatic rings. The highest BCUT2D eigenvalue weighted by Gasteiger charge is 2.37. The summed E-state index contributed by atoms with van der Waals surface area (Å²) in [5.74, 6) is -0.0813. The first kappa shape index (κ1) is 16.4. The molecule has 0 aromatic heterocycles. The number of urea groups is 1. The molecule has 1 fully saturated rings. The highest BCUT2D eigenvalue weighted by Crippen LogP contribution is 2.34. The summed E-state index contributed by atoms with van der Waals surface area (Å²) in [7, 11) is 1.00. The summed E-state index contributed by atoms with van der Waals surface area (Å²) in [4.78, 5) is 18.4. The molecule has 6 heteroatoms. The standard InChI is InChI=1S/C17H16FN3O.CH4O/c18-13-4-1-12(2-5-13)16-10-20-17(22)21(16)14-6-3-11-7-8-19-15(11)9-14;1-2/h1,3-6,8-9,12,16H,2,7,10H2,(H,20,22);2H,1H3. The normalized spacial score (nSPS) is 24.2. The Morgan fingerprint density at radius 1 is 1.38 bits per heavy atom. The average Bonchev–Trinajstić information content (AvgIpc) is 3.23. The lowest BCUT2D eigenvalue weighted by Crippen LogP contribution is -2.39. The zero-order chi connectivity index (χ0) is 17.1. The Morgan fingerprint density at radius 2 is 2.21 bits per heavy atom. The number of fused-ring (bicyclic) bond motifs is 1. The molecule has 0 spiro atoms. The van der Waals surface area contributed by atoms with Gasteiger partial charge < -0.3 is 10.4 Å². The van der Waals surface area contributed by atoms with Crippen LogP contribution < -0.4 is 10.2 Å². The second-order valence-corrected chi connectivity index (χ2v) is 5.80. The van der Waals surface area contributed by atoms with Gasteiger partial charge in [0, 0.05) is 37.9 Å². The first-order valence-electron chi connectivity index (χ1n) is 7.93. The number of allylic oxidation sites excluding steroid dienone is 3. The third-order valence-corrected chi connectivity index (χ3v) is 4.48. The first-order valence-corrected chi connectivity index (χ1v) is 7.93. The third-order valence-electron chi connectivity index (χ3n) is 4.48. The first-order chi connectivity index (χ1) is 11.7. The summed E-state index contributed by atoms with van der Waals surface area (Å²) in [5.41, 5.74) is 2.96. The number of nitrogens with zero attached hydrogens (tertiary/aromatic N) is 2. The molecule has 3 aliphatic rings. The highest BCUT2D eigenvalue weighted by atomic mass is 19.1. The number of nitrogens with one attached hydrogen (secondary N) is 1. The van der Waals surface area contributed by atoms with Crippen LogP contribution in [0, 0.1) is 5.92 Å². The number of aliphatic hydroxyl groups is 1. The van der Waals surface area contributed by atoms with E-state index in [1.807, 2.05) is 30.5 Å². The predicted molar refractivity (Wildman–Crippen MR) is 92.5 cm³/mol. The largest absolute Gasteiger partial charge is 0.400 e. The van der Waals surface area contributed by atoms with Crippen LogP contribution in [-0.2, 0) is 6.42 Å². The quantitative estimate of drug-likeness (QED) is 0.876. The van der Waals surface area contributed by atoms with E-state index in [4.69, 9.17) is 5.11 Å². The lowest BCUT2D eigenvalue weighted by atomic mass is 9.91. The Labute approximate surface area is 140 Å². The van der Waals surface area contributed by atoms with Gasteiger partial charge in [-0.25, -0.2) is 9.18 Å². The van der Waals surface area contributed by atoms with Crippen molar-refractivity contribution in [2.75, 3.05) is 18.6 Å². The van der Waals surface area contributed by atoms with Gasteiger partial charge in [0.1, 0.15) is 5.83 Å². The molecule has 4 rings (SSSR count). The van der Waals surface area contributed by atoms with E-state index < -0.39 is 0 Å². The lowest BCUT2D eigenvalue weighted by molar-refractivity contribution is 0.251. The molecule has 24 heavy (non-hydrogen) atoms. The van der Waals surface area contributed by atoms with Crippen molar-refractivity contribution in [3.05, 3.63) is 47.8 Å². The zero-order valence-corrected chi connectivity index (χ0v) is 13.4. The summed E-state index contributed by atoms with van der Waals surface area (Å²) in [6.45, 7) is 0.573. The van der Waals surface area contributed by atoms with Crippen LogP contribution in [0.4, 0.5) is 20.6 Å². The van der Waals surface area contributed by atoms with Gasteiger partial charge in [0.15, 0.2) is 0 Å². The Morgan fingerprint density at radius 3 is 2.96 bits per heavy atom. The van der Waals surface area contributed by atoms with Gasteiger partial charge in [-0.2, -0.15) is 0 Å². The van der Waals surface area contributed by atoms with E-state index >= 15 is 0 Å². The van der Waals surface area contributed by atoms with Gasteiger partial charge in [-0.15, -0.1) is 0 Å². The van der Waals surface area contributed by atoms with Gasteiger partial charge in [-0.1, -0.05) is 12.1 Å². The Balaban J connectivity index is 0.000000815. The van der Waals surface area contributed by atoms with Crippen molar-refractivity contribution >= 4 is 23.6 Å². The summed E-state index contributed by atoms with van der Waals surface area (Å²) >= 11 is 0. The van der Waals surface area contributed by atoms with Crippen LogP contribution in [0.5, 0.6) is 0 Å². The molecule has 0 radical (unpaired) electrons. The molecule has 2 atom stereocenters. The van der Waals surface area contributed by atoms with Crippen molar-refractivity contribution in [3.8, 4) is 0 Å². The number of hydrogen-bond donors (Lipinski definition) is 2. The number of benzene rings is 1. The minimum atomic E-state index is -0.202. The second kappa shape index (κ2) is 6.97. The van der Waals surface area contributed by atoms with Crippen LogP contribution in [-0.4, -0.2) is 37.0 Å². The number of aliphatic imine (C=N–C) groups is 1. The number of carbonyl (C=O) groups is 1. The van der Waals surface area contributed by atoms with E-state index in [0.717, 1.165) is 24.9 Å². The average molecular weight is 329 g/mol. The minimum Gasteiger partial charge on any atom is -0.400 e. The molecular formula is C18H20FN3O2. The van der Waals surface area contributed by atoms with Gasteiger partial charge >= 0.3 is 6.03 Å². The van der Waals surface area contributed by atoms with Gasteiger partial charge in [0.25, 0.3) is 0 Å². The molecule has 5 nitrogen and oxygen atoms in total. The minimum absolute atomic E-state index is 0.00321. The molecule has 1 saturated heterocycles. The van der Waals surface area contributed by atoms with Crippen LogP contribution in [0.1, 0.15) is 12.0 Å². The Hall–Kier alpha value is -2.47. The number of hydrogen-bond acceptors (Lipinski definition) is 3. The van der Waals surface area contributed by atoms with E-state index in [0.29, 0.717) is 13.0 Å². The van der Waals surface area contributed by atoms with Crippen molar-refractivity contribution in [1.29, 1.82) is 0 Å². The maximum absolute atomic E-state index is 13.2. The van der Waals surface area contributed by atoms with E-state index in [-0.39, 0.29) is 23.8 Å². The van der Waals surface area contributed by atoms with Crippen LogP contribution >= 0.6 is 0 Å². The number of halogens is 1. The van der Waals surface area contributed by atoms with Gasteiger partial charge in [-0.05, 0) is 36.3 Å². The molecule has 2 amide bonds. The van der Waals surface area contributed by atoms with E-state index in [1.165, 1.54) is 11.6 Å². The van der Waals surface area contributed by atoms with Crippen LogP contribution in [0.3, 0.4) is 0 Å². The number of rotatable bonds is 2. The summed E-state index contributed by atoms with van der Waals surface area (Å²) in [5, 5.41) is 9.89. The molecule has 2 N–H and O–H groups in total. The maximum Gasteiger partial charge on any atom is 0.322 e. The topological polar surface area (TPSA) is 64.9 Å². The van der Waals surface area contributed by atoms with Crippen molar-refractivity contribution in [3.63, 3.8) is 0 Å². The molecule has 1 aliphatic carbocycles. The van der Waals surface area contributed by atoms with Crippen LogP contribution in [0.15, 0.2) is 47.2 Å². The van der Waals surface area contributed by atoms with E-state index in [2.05, 4.69) is 10.3 Å². The molecule has 2 aliphatic heterocycles. The monoisotopic (exact) mass is 329 g/mol. The fourth-order valence-electron chi connectivity index (χ4n) is 3.30. The molecule has 0 bridgehead atoms. The summed E-state index contributed by atoms with van der Waals surface area (Å²) in [6.07, 6.45) is 8.27. The molecular weight excluding hydrogens is 309 g/mol. The van der Waals surface area contributed by atoms with E-state index in [1.54, 1.807) is 11.0 Å². The Kier molecular flexibility index (Phi) is 4.76. The zero-order valence-electron chi connectivity index (χ0n) is 13.4. The van der Waals surface area contributed by atoms with Gasteiger partial charge in [-0.3, -0.25) is 9.89 Å². The predicted octanol–water partition coefficient (Wildman–Crippen LogP) is 2.88. The van der Waals surface area contributed by atoms with Gasteiger partial charge in [0.05, 0.1) is 11.7 Å². The van der Waals surface area contributed by atoms with Crippen molar-refractivity contribution < 1.29 is 14.3 Å². The number of carbonyl (C=O) groups excluding carboxylic acids is 1. The third kappa shape index (κ3) is 2.97. The molecule has 126 valence electrons. The summed E-state index contributed by atoms with van der Waals surface area (Å²) < 4.78 is 13.2. The molecule has 0 saturated carbocycles. The molecule has 1 aromatic carbocycles. The fourth-order valence-corrected chi connectivity index (χ4v) is 3.30. The second-order valence-electron chi connectivity index (χ2n) is 5.80. The SMILES string of the molecule is CO.O=C1NCC(C2C=CC(F)=CC2)N1c1ccc2c(c1)N=CC2. The number of anilines is 1. The van der Waals surface area contributed by atoms with Crippen molar-refractivity contribution in [2.45, 2.75) is 18.9 Å². The lowest BCUT2D eigenvalue weighted by Gasteiger charge is -2.29. The Bertz CT molecular complexity index is 727.